The molecule has 0 bridgehead atoms. The van der Waals surface area contributed by atoms with Gasteiger partial charge >= 0.3 is 0 Å². The summed E-state index contributed by atoms with van der Waals surface area (Å²) in [6, 6.07) is 2.20. The standard InChI is InChI=1S/C18H23N3O2S/c1-5-13(6-2)21-18-17(10(3)20-21)14(8-16(23)19-18)12-7-15(11(4)22)24-9-12/h7,9,13-14H,5-6,8H2,1-4H3,(H,19,23). The number of hydrogen-bond donors (Lipinski definition) is 1. The molecule has 2 aromatic rings. The second-order valence-electron chi connectivity index (χ2n) is 6.37. The van der Waals surface area contributed by atoms with E-state index in [4.69, 9.17) is 5.10 Å². The van der Waals surface area contributed by atoms with Crippen LogP contribution >= 0.6 is 11.3 Å². The van der Waals surface area contributed by atoms with Crippen molar-refractivity contribution in [2.75, 3.05) is 5.32 Å². The van der Waals surface area contributed by atoms with Crippen LogP contribution in [0, 0.1) is 6.92 Å². The highest BCUT2D eigenvalue weighted by molar-refractivity contribution is 7.12. The maximum absolute atomic E-state index is 12.3. The third kappa shape index (κ3) is 2.79. The highest BCUT2D eigenvalue weighted by Gasteiger charge is 2.33. The van der Waals surface area contributed by atoms with Crippen molar-refractivity contribution in [1.29, 1.82) is 0 Å². The number of hydrogen-bond acceptors (Lipinski definition) is 4. The molecule has 0 aliphatic carbocycles. The quantitative estimate of drug-likeness (QED) is 0.822. The van der Waals surface area contributed by atoms with E-state index in [1.807, 2.05) is 23.1 Å². The van der Waals surface area contributed by atoms with Gasteiger partial charge in [-0.15, -0.1) is 11.3 Å². The molecule has 1 unspecified atom stereocenters. The number of aromatic nitrogens is 2. The maximum Gasteiger partial charge on any atom is 0.226 e. The van der Waals surface area contributed by atoms with Gasteiger partial charge < -0.3 is 5.32 Å². The first-order valence-corrected chi connectivity index (χ1v) is 9.32. The number of rotatable bonds is 5. The number of nitrogens with zero attached hydrogens (tertiary/aromatic N) is 2. The van der Waals surface area contributed by atoms with Gasteiger partial charge in [0, 0.05) is 17.9 Å². The minimum absolute atomic E-state index is 0.00943. The van der Waals surface area contributed by atoms with E-state index in [0.717, 1.165) is 40.4 Å². The lowest BCUT2D eigenvalue weighted by Gasteiger charge is -2.25. The Bertz CT molecular complexity index is 786. The first kappa shape index (κ1) is 16.9. The molecule has 6 heteroatoms. The van der Waals surface area contributed by atoms with E-state index < -0.39 is 0 Å². The largest absolute Gasteiger partial charge is 0.311 e. The normalized spacial score (nSPS) is 17.0. The van der Waals surface area contributed by atoms with Gasteiger partial charge in [-0.2, -0.15) is 5.10 Å². The van der Waals surface area contributed by atoms with Crippen LogP contribution in [0.15, 0.2) is 11.4 Å². The monoisotopic (exact) mass is 345 g/mol. The number of thiophene rings is 1. The lowest BCUT2D eigenvalue weighted by molar-refractivity contribution is -0.116. The minimum Gasteiger partial charge on any atom is -0.311 e. The van der Waals surface area contributed by atoms with E-state index in [2.05, 4.69) is 19.2 Å². The number of carbonyl (C=O) groups excluding carboxylic acids is 2. The molecule has 0 radical (unpaired) electrons. The molecule has 128 valence electrons. The predicted octanol–water partition coefficient (Wildman–Crippen LogP) is 4.29. The number of nitrogens with one attached hydrogen (secondary N) is 1. The van der Waals surface area contributed by atoms with E-state index in [1.54, 1.807) is 6.92 Å². The molecule has 1 amide bonds. The van der Waals surface area contributed by atoms with Gasteiger partial charge in [-0.1, -0.05) is 13.8 Å². The van der Waals surface area contributed by atoms with Gasteiger partial charge in [0.25, 0.3) is 0 Å². The third-order valence-electron chi connectivity index (χ3n) is 4.79. The Balaban J connectivity index is 2.09. The predicted molar refractivity (Wildman–Crippen MR) is 96.0 cm³/mol. The van der Waals surface area contributed by atoms with Crippen molar-refractivity contribution in [2.24, 2.45) is 0 Å². The van der Waals surface area contributed by atoms with Gasteiger partial charge in [-0.3, -0.25) is 9.59 Å². The number of anilines is 1. The summed E-state index contributed by atoms with van der Waals surface area (Å²) in [6.07, 6.45) is 2.34. The Labute approximate surface area is 146 Å². The third-order valence-corrected chi connectivity index (χ3v) is 5.83. The van der Waals surface area contributed by atoms with E-state index in [9.17, 15) is 9.59 Å². The molecule has 1 atom stereocenters. The van der Waals surface area contributed by atoms with Crippen molar-refractivity contribution in [3.05, 3.63) is 33.1 Å². The Morgan fingerprint density at radius 1 is 1.46 bits per heavy atom. The van der Waals surface area contributed by atoms with Crippen molar-refractivity contribution in [1.82, 2.24) is 9.78 Å². The molecule has 0 saturated carbocycles. The van der Waals surface area contributed by atoms with Crippen LogP contribution in [0.2, 0.25) is 0 Å². The fourth-order valence-corrected chi connectivity index (χ4v) is 4.34. The summed E-state index contributed by atoms with van der Waals surface area (Å²) >= 11 is 1.45. The summed E-state index contributed by atoms with van der Waals surface area (Å²) in [7, 11) is 0. The molecule has 1 aliphatic heterocycles. The average molecular weight is 345 g/mol. The second kappa shape index (κ2) is 6.51. The van der Waals surface area contributed by atoms with Crippen molar-refractivity contribution < 1.29 is 9.59 Å². The van der Waals surface area contributed by atoms with Crippen molar-refractivity contribution in [3.63, 3.8) is 0 Å². The maximum atomic E-state index is 12.3. The van der Waals surface area contributed by atoms with Crippen molar-refractivity contribution >= 4 is 28.8 Å². The first-order valence-electron chi connectivity index (χ1n) is 8.44. The molecule has 0 aromatic carbocycles. The Kier molecular flexibility index (Phi) is 4.58. The Morgan fingerprint density at radius 3 is 2.75 bits per heavy atom. The molecule has 24 heavy (non-hydrogen) atoms. The summed E-state index contributed by atoms with van der Waals surface area (Å²) in [6.45, 7) is 7.85. The van der Waals surface area contributed by atoms with Gasteiger partial charge in [-0.05, 0) is 43.7 Å². The summed E-state index contributed by atoms with van der Waals surface area (Å²) in [5, 5.41) is 9.75. The summed E-state index contributed by atoms with van der Waals surface area (Å²) in [4.78, 5) is 24.6. The molecule has 0 spiro atoms. The van der Waals surface area contributed by atoms with E-state index in [0.29, 0.717) is 6.42 Å². The van der Waals surface area contributed by atoms with Crippen LogP contribution in [-0.4, -0.2) is 21.5 Å². The lowest BCUT2D eigenvalue weighted by atomic mass is 9.87. The molecular weight excluding hydrogens is 322 g/mol. The summed E-state index contributed by atoms with van der Waals surface area (Å²) < 4.78 is 1.98. The smallest absolute Gasteiger partial charge is 0.226 e. The average Bonchev–Trinajstić information content (AvgIpc) is 3.14. The number of ketones is 1. The zero-order valence-electron chi connectivity index (χ0n) is 14.5. The zero-order valence-corrected chi connectivity index (χ0v) is 15.4. The fourth-order valence-electron chi connectivity index (χ4n) is 3.47. The minimum atomic E-state index is -0.0267. The molecule has 5 nitrogen and oxygen atoms in total. The second-order valence-corrected chi connectivity index (χ2v) is 7.28. The lowest BCUT2D eigenvalue weighted by Crippen LogP contribution is -2.26. The molecule has 0 saturated heterocycles. The zero-order chi connectivity index (χ0) is 17.4. The summed E-state index contributed by atoms with van der Waals surface area (Å²) in [5.41, 5.74) is 3.08. The van der Waals surface area contributed by atoms with E-state index in [1.165, 1.54) is 11.3 Å². The van der Waals surface area contributed by atoms with Gasteiger partial charge in [0.1, 0.15) is 5.82 Å². The van der Waals surface area contributed by atoms with Crippen LogP contribution in [0.5, 0.6) is 0 Å². The number of amides is 1. The molecule has 0 fully saturated rings. The Morgan fingerprint density at radius 2 is 2.17 bits per heavy atom. The van der Waals surface area contributed by atoms with E-state index >= 15 is 0 Å². The molecule has 3 rings (SSSR count). The number of aryl methyl sites for hydroxylation is 1. The van der Waals surface area contributed by atoms with Crippen LogP contribution in [-0.2, 0) is 4.79 Å². The van der Waals surface area contributed by atoms with Crippen LogP contribution in [0.3, 0.4) is 0 Å². The van der Waals surface area contributed by atoms with E-state index in [-0.39, 0.29) is 23.7 Å². The molecule has 1 N–H and O–H groups in total. The van der Waals surface area contributed by atoms with Gasteiger partial charge in [0.05, 0.1) is 16.6 Å². The summed E-state index contributed by atoms with van der Waals surface area (Å²) in [5.74, 6) is 0.880. The molecule has 3 heterocycles. The van der Waals surface area contributed by atoms with Gasteiger partial charge in [0.15, 0.2) is 5.78 Å². The number of carbonyl (C=O) groups is 2. The number of fused-ring (bicyclic) bond motifs is 1. The first-order chi connectivity index (χ1) is 11.5. The molecule has 2 aromatic heterocycles. The highest BCUT2D eigenvalue weighted by atomic mass is 32.1. The SMILES string of the molecule is CCC(CC)n1nc(C)c2c1NC(=O)CC2c1csc(C(C)=O)c1. The van der Waals surface area contributed by atoms with Gasteiger partial charge in [-0.25, -0.2) is 4.68 Å². The van der Waals surface area contributed by atoms with Crippen LogP contribution in [0.25, 0.3) is 0 Å². The van der Waals surface area contributed by atoms with Crippen molar-refractivity contribution in [2.45, 2.75) is 58.9 Å². The molecular formula is C18H23N3O2S. The van der Waals surface area contributed by atoms with Crippen LogP contribution in [0.4, 0.5) is 5.82 Å². The van der Waals surface area contributed by atoms with Crippen LogP contribution < -0.4 is 5.32 Å². The van der Waals surface area contributed by atoms with Crippen molar-refractivity contribution in [3.8, 4) is 0 Å². The van der Waals surface area contributed by atoms with Crippen LogP contribution in [0.1, 0.15) is 78.5 Å². The van der Waals surface area contributed by atoms with Gasteiger partial charge in [0.2, 0.25) is 5.91 Å². The highest BCUT2D eigenvalue weighted by Crippen LogP contribution is 2.42. The molecule has 1 aliphatic rings. The topological polar surface area (TPSA) is 64.0 Å². The number of Topliss-reactive ketones (excluding diaryl/α,β-unsaturated/α-hetero) is 1. The fraction of sp³-hybridized carbons (Fsp3) is 0.500. The Hall–Kier alpha value is -1.95.